The molecular weight excluding hydrogens is 422 g/mol. The van der Waals surface area contributed by atoms with E-state index in [1.54, 1.807) is 31.2 Å². The number of anilines is 1. The van der Waals surface area contributed by atoms with E-state index in [0.29, 0.717) is 16.3 Å². The Labute approximate surface area is 190 Å². The topological polar surface area (TPSA) is 81.2 Å². The van der Waals surface area contributed by atoms with Crippen molar-refractivity contribution in [1.82, 2.24) is 10.2 Å². The number of nitrogens with zero attached hydrogens (tertiary/aromatic N) is 2. The lowest BCUT2D eigenvalue weighted by atomic mass is 10.1. The molecule has 0 atom stereocenters. The Bertz CT molecular complexity index is 1260. The van der Waals surface area contributed by atoms with Crippen LogP contribution in [-0.4, -0.2) is 34.4 Å². The maximum atomic E-state index is 12.4. The summed E-state index contributed by atoms with van der Waals surface area (Å²) in [4.78, 5) is 24.4. The van der Waals surface area contributed by atoms with Gasteiger partial charge in [-0.2, -0.15) is 0 Å². The SMILES string of the molecule is CCOC(=O)c1ccccc1NC(=O)CSc1ccc(-c2ccc3ccccc3c2)nn1. The zero-order valence-electron chi connectivity index (χ0n) is 17.4. The van der Waals surface area contributed by atoms with Gasteiger partial charge in [-0.1, -0.05) is 60.3 Å². The van der Waals surface area contributed by atoms with Crippen molar-refractivity contribution in [2.24, 2.45) is 0 Å². The van der Waals surface area contributed by atoms with Gasteiger partial charge in [0, 0.05) is 5.56 Å². The molecule has 4 rings (SSSR count). The molecule has 0 aliphatic heterocycles. The van der Waals surface area contributed by atoms with Crippen LogP contribution in [0.15, 0.2) is 83.9 Å². The van der Waals surface area contributed by atoms with Crippen molar-refractivity contribution in [3.05, 3.63) is 84.4 Å². The van der Waals surface area contributed by atoms with Crippen LogP contribution in [0.25, 0.3) is 22.0 Å². The molecule has 0 fully saturated rings. The number of rotatable bonds is 7. The highest BCUT2D eigenvalue weighted by Crippen LogP contribution is 2.24. The van der Waals surface area contributed by atoms with Gasteiger partial charge in [-0.05, 0) is 48.0 Å². The van der Waals surface area contributed by atoms with Gasteiger partial charge >= 0.3 is 5.97 Å². The quantitative estimate of drug-likeness (QED) is 0.312. The van der Waals surface area contributed by atoms with Crippen molar-refractivity contribution < 1.29 is 14.3 Å². The molecule has 0 saturated heterocycles. The van der Waals surface area contributed by atoms with Gasteiger partial charge in [-0.15, -0.1) is 10.2 Å². The molecule has 3 aromatic carbocycles. The number of benzene rings is 3. The number of thioether (sulfide) groups is 1. The summed E-state index contributed by atoms with van der Waals surface area (Å²) in [5.41, 5.74) is 2.51. The molecule has 7 heteroatoms. The fourth-order valence-electron chi connectivity index (χ4n) is 3.20. The van der Waals surface area contributed by atoms with Crippen molar-refractivity contribution in [2.45, 2.75) is 11.9 Å². The highest BCUT2D eigenvalue weighted by molar-refractivity contribution is 7.99. The molecule has 6 nitrogen and oxygen atoms in total. The minimum absolute atomic E-state index is 0.140. The minimum atomic E-state index is -0.466. The van der Waals surface area contributed by atoms with E-state index in [9.17, 15) is 9.59 Å². The molecule has 1 aromatic heterocycles. The molecule has 0 spiro atoms. The molecule has 1 heterocycles. The molecule has 1 amide bonds. The molecule has 0 bridgehead atoms. The van der Waals surface area contributed by atoms with Crippen LogP contribution in [0.2, 0.25) is 0 Å². The summed E-state index contributed by atoms with van der Waals surface area (Å²) in [6.45, 7) is 2.01. The van der Waals surface area contributed by atoms with Gasteiger partial charge in [0.25, 0.3) is 0 Å². The first-order valence-electron chi connectivity index (χ1n) is 10.2. The minimum Gasteiger partial charge on any atom is -0.462 e. The maximum absolute atomic E-state index is 12.4. The van der Waals surface area contributed by atoms with E-state index in [2.05, 4.69) is 39.8 Å². The van der Waals surface area contributed by atoms with E-state index in [-0.39, 0.29) is 18.3 Å². The van der Waals surface area contributed by atoms with E-state index < -0.39 is 5.97 Å². The number of fused-ring (bicyclic) bond motifs is 1. The third kappa shape index (κ3) is 5.12. The third-order valence-electron chi connectivity index (χ3n) is 4.73. The van der Waals surface area contributed by atoms with Crippen LogP contribution in [0.3, 0.4) is 0 Å². The monoisotopic (exact) mass is 443 g/mol. The van der Waals surface area contributed by atoms with Gasteiger partial charge in [-0.3, -0.25) is 4.79 Å². The molecule has 0 saturated carbocycles. The van der Waals surface area contributed by atoms with Crippen molar-refractivity contribution in [1.29, 1.82) is 0 Å². The van der Waals surface area contributed by atoms with E-state index >= 15 is 0 Å². The van der Waals surface area contributed by atoms with Gasteiger partial charge in [0.05, 0.1) is 29.3 Å². The zero-order chi connectivity index (χ0) is 22.3. The van der Waals surface area contributed by atoms with Crippen LogP contribution < -0.4 is 5.32 Å². The lowest BCUT2D eigenvalue weighted by molar-refractivity contribution is -0.113. The molecule has 0 unspecified atom stereocenters. The van der Waals surface area contributed by atoms with E-state index in [1.807, 2.05) is 30.3 Å². The number of carbonyl (C=O) groups is 2. The average molecular weight is 444 g/mol. The number of amides is 1. The standard InChI is InChI=1S/C25H21N3O3S/c1-2-31-25(30)20-9-5-6-10-22(20)26-23(29)16-32-24-14-13-21(27-28-24)19-12-11-17-7-3-4-8-18(17)15-19/h3-15H,2,16H2,1H3,(H,26,29). The van der Waals surface area contributed by atoms with Crippen LogP contribution in [0.4, 0.5) is 5.69 Å². The predicted octanol–water partition coefficient (Wildman–Crippen LogP) is 5.20. The summed E-state index contributed by atoms with van der Waals surface area (Å²) in [6, 6.07) is 24.8. The predicted molar refractivity (Wildman–Crippen MR) is 127 cm³/mol. The first-order chi connectivity index (χ1) is 15.6. The molecule has 4 aromatic rings. The number of ether oxygens (including phenoxy) is 1. The lowest BCUT2D eigenvalue weighted by Crippen LogP contribution is -2.17. The van der Waals surface area contributed by atoms with Crippen molar-refractivity contribution >= 4 is 40.1 Å². The second kappa shape index (κ2) is 10.1. The molecular formula is C25H21N3O3S. The molecule has 32 heavy (non-hydrogen) atoms. The van der Waals surface area contributed by atoms with E-state index in [1.165, 1.54) is 17.1 Å². The van der Waals surface area contributed by atoms with Crippen molar-refractivity contribution in [3.63, 3.8) is 0 Å². The lowest BCUT2D eigenvalue weighted by Gasteiger charge is -2.10. The molecule has 160 valence electrons. The number of carbonyl (C=O) groups excluding carboxylic acids is 2. The highest BCUT2D eigenvalue weighted by Gasteiger charge is 2.14. The van der Waals surface area contributed by atoms with Crippen LogP contribution >= 0.6 is 11.8 Å². The summed E-state index contributed by atoms with van der Waals surface area (Å²) >= 11 is 1.28. The Balaban J connectivity index is 1.38. The Morgan fingerprint density at radius 3 is 2.47 bits per heavy atom. The zero-order valence-corrected chi connectivity index (χ0v) is 18.3. The van der Waals surface area contributed by atoms with Crippen LogP contribution in [0, 0.1) is 0 Å². The van der Waals surface area contributed by atoms with Crippen LogP contribution in [-0.2, 0) is 9.53 Å². The van der Waals surface area contributed by atoms with Gasteiger partial charge in [0.15, 0.2) is 0 Å². The Hall–Kier alpha value is -3.71. The Kier molecular flexibility index (Phi) is 6.77. The first-order valence-corrected chi connectivity index (χ1v) is 11.1. The summed E-state index contributed by atoms with van der Waals surface area (Å²) < 4.78 is 5.04. The molecule has 1 N–H and O–H groups in total. The number of nitrogens with one attached hydrogen (secondary N) is 1. The number of aromatic nitrogens is 2. The van der Waals surface area contributed by atoms with E-state index in [0.717, 1.165) is 16.6 Å². The normalized spacial score (nSPS) is 10.7. The first kappa shape index (κ1) is 21.5. The van der Waals surface area contributed by atoms with Gasteiger partial charge in [-0.25, -0.2) is 4.79 Å². The van der Waals surface area contributed by atoms with E-state index in [4.69, 9.17) is 4.74 Å². The fourth-order valence-corrected chi connectivity index (χ4v) is 3.82. The van der Waals surface area contributed by atoms with Crippen molar-refractivity contribution in [3.8, 4) is 11.3 Å². The third-order valence-corrected chi connectivity index (χ3v) is 5.65. The number of hydrogen-bond acceptors (Lipinski definition) is 6. The number of esters is 1. The molecule has 0 aliphatic carbocycles. The van der Waals surface area contributed by atoms with Crippen LogP contribution in [0.5, 0.6) is 0 Å². The molecule has 0 aliphatic rings. The van der Waals surface area contributed by atoms with Crippen LogP contribution in [0.1, 0.15) is 17.3 Å². The number of hydrogen-bond donors (Lipinski definition) is 1. The van der Waals surface area contributed by atoms with Gasteiger partial charge in [0.2, 0.25) is 5.91 Å². The largest absolute Gasteiger partial charge is 0.462 e. The second-order valence-electron chi connectivity index (χ2n) is 6.92. The summed E-state index contributed by atoms with van der Waals surface area (Å²) in [7, 11) is 0. The maximum Gasteiger partial charge on any atom is 0.340 e. The van der Waals surface area contributed by atoms with Gasteiger partial charge in [0.1, 0.15) is 5.03 Å². The van der Waals surface area contributed by atoms with Gasteiger partial charge < -0.3 is 10.1 Å². The smallest absolute Gasteiger partial charge is 0.340 e. The highest BCUT2D eigenvalue weighted by atomic mass is 32.2. The summed E-state index contributed by atoms with van der Waals surface area (Å²) in [5, 5.41) is 14.3. The Morgan fingerprint density at radius 1 is 0.906 bits per heavy atom. The Morgan fingerprint density at radius 2 is 1.69 bits per heavy atom. The fraction of sp³-hybridized carbons (Fsp3) is 0.120. The molecule has 0 radical (unpaired) electrons. The summed E-state index contributed by atoms with van der Waals surface area (Å²) in [6.07, 6.45) is 0. The van der Waals surface area contributed by atoms with Crippen molar-refractivity contribution in [2.75, 3.05) is 17.7 Å². The number of para-hydroxylation sites is 1. The summed E-state index contributed by atoms with van der Waals surface area (Å²) in [5.74, 6) is -0.570. The second-order valence-corrected chi connectivity index (χ2v) is 7.92. The average Bonchev–Trinajstić information content (AvgIpc) is 2.83.